The summed E-state index contributed by atoms with van der Waals surface area (Å²) in [6.45, 7) is 0.227. The Labute approximate surface area is 133 Å². The van der Waals surface area contributed by atoms with Crippen molar-refractivity contribution in [1.29, 1.82) is 0 Å². The number of nitrogens with zero attached hydrogens (tertiary/aromatic N) is 1. The number of carbonyl (C=O) groups excluding carboxylic acids is 1. The molecule has 0 spiro atoms. The number of benzene rings is 2. The molecule has 0 aliphatic heterocycles. The zero-order valence-electron chi connectivity index (χ0n) is 11.6. The van der Waals surface area contributed by atoms with Gasteiger partial charge in [0.15, 0.2) is 0 Å². The molecule has 1 amide bonds. The summed E-state index contributed by atoms with van der Waals surface area (Å²) in [5, 5.41) is 4.48. The molecule has 2 aromatic carbocycles. The molecule has 110 valence electrons. The fraction of sp³-hybridized carbons (Fsp3) is 0.0588. The van der Waals surface area contributed by atoms with Crippen molar-refractivity contribution in [3.8, 4) is 18.1 Å². The maximum Gasteiger partial charge on any atom is 0.271 e. The number of amides is 1. The van der Waals surface area contributed by atoms with E-state index in [4.69, 9.17) is 22.8 Å². The maximum absolute atomic E-state index is 11.8. The summed E-state index contributed by atoms with van der Waals surface area (Å²) in [5.74, 6) is 2.77. The molecule has 0 aliphatic rings. The number of halogens is 1. The van der Waals surface area contributed by atoms with E-state index in [1.165, 1.54) is 0 Å². The highest BCUT2D eigenvalue weighted by Gasteiger charge is 2.02. The second-order valence-electron chi connectivity index (χ2n) is 4.27. The Morgan fingerprint density at radius 1 is 1.23 bits per heavy atom. The summed E-state index contributed by atoms with van der Waals surface area (Å²) in [7, 11) is 0. The Morgan fingerprint density at radius 3 is 2.55 bits per heavy atom. The van der Waals surface area contributed by atoms with E-state index in [1.54, 1.807) is 42.6 Å². The highest BCUT2D eigenvalue weighted by atomic mass is 35.5. The van der Waals surface area contributed by atoms with E-state index in [1.807, 2.05) is 12.1 Å². The second kappa shape index (κ2) is 7.87. The first-order valence-corrected chi connectivity index (χ1v) is 6.82. The van der Waals surface area contributed by atoms with Crippen LogP contribution in [0.4, 0.5) is 0 Å². The number of carbonyl (C=O) groups is 1. The van der Waals surface area contributed by atoms with Crippen LogP contribution in [0.2, 0.25) is 5.02 Å². The van der Waals surface area contributed by atoms with Gasteiger partial charge in [0.2, 0.25) is 0 Å². The minimum absolute atomic E-state index is 0.227. The topological polar surface area (TPSA) is 50.7 Å². The van der Waals surface area contributed by atoms with Crippen molar-refractivity contribution in [2.24, 2.45) is 5.10 Å². The lowest BCUT2D eigenvalue weighted by atomic mass is 10.2. The summed E-state index contributed by atoms with van der Waals surface area (Å²) in [6.07, 6.45) is 6.65. The van der Waals surface area contributed by atoms with Gasteiger partial charge in [-0.1, -0.05) is 17.5 Å². The predicted molar refractivity (Wildman–Crippen MR) is 87.3 cm³/mol. The Kier molecular flexibility index (Phi) is 5.58. The summed E-state index contributed by atoms with van der Waals surface area (Å²) < 4.78 is 5.26. The number of hydrogen-bond acceptors (Lipinski definition) is 3. The van der Waals surface area contributed by atoms with Gasteiger partial charge in [0, 0.05) is 10.6 Å². The molecule has 0 atom stereocenters. The molecule has 5 heteroatoms. The number of rotatable bonds is 5. The first-order valence-electron chi connectivity index (χ1n) is 6.44. The van der Waals surface area contributed by atoms with Gasteiger partial charge in [-0.3, -0.25) is 4.79 Å². The van der Waals surface area contributed by atoms with Gasteiger partial charge in [-0.15, -0.1) is 6.42 Å². The Balaban J connectivity index is 1.90. The standard InChI is InChI=1S/C17H13ClN2O2/c1-2-11-22-16-9-3-13(4-10-16)12-19-20-17(21)14-5-7-15(18)8-6-14/h1,3-10,12H,11H2,(H,20,21)/b19-12-. The fourth-order valence-electron chi connectivity index (χ4n) is 1.61. The molecule has 0 aliphatic carbocycles. The zero-order chi connectivity index (χ0) is 15.8. The summed E-state index contributed by atoms with van der Waals surface area (Å²) in [4.78, 5) is 11.8. The molecule has 0 saturated carbocycles. The molecule has 22 heavy (non-hydrogen) atoms. The monoisotopic (exact) mass is 312 g/mol. The average Bonchev–Trinajstić information content (AvgIpc) is 2.54. The van der Waals surface area contributed by atoms with E-state index in [9.17, 15) is 4.79 Å². The Hall–Kier alpha value is -2.77. The predicted octanol–water partition coefficient (Wildman–Crippen LogP) is 3.12. The van der Waals surface area contributed by atoms with Crippen LogP contribution in [0.5, 0.6) is 5.75 Å². The second-order valence-corrected chi connectivity index (χ2v) is 4.70. The number of hydrazone groups is 1. The van der Waals surface area contributed by atoms with Crippen molar-refractivity contribution in [2.75, 3.05) is 6.61 Å². The van der Waals surface area contributed by atoms with E-state index in [0.717, 1.165) is 5.56 Å². The molecule has 0 unspecified atom stereocenters. The lowest BCUT2D eigenvalue weighted by Gasteiger charge is -2.02. The van der Waals surface area contributed by atoms with Crippen molar-refractivity contribution in [1.82, 2.24) is 5.43 Å². The van der Waals surface area contributed by atoms with Gasteiger partial charge in [0.05, 0.1) is 6.21 Å². The van der Waals surface area contributed by atoms with E-state index in [0.29, 0.717) is 16.3 Å². The van der Waals surface area contributed by atoms with Crippen molar-refractivity contribution >= 4 is 23.7 Å². The number of ether oxygens (including phenoxy) is 1. The Morgan fingerprint density at radius 2 is 1.91 bits per heavy atom. The van der Waals surface area contributed by atoms with E-state index >= 15 is 0 Å². The summed E-state index contributed by atoms with van der Waals surface area (Å²) in [6, 6.07) is 13.7. The van der Waals surface area contributed by atoms with Gasteiger partial charge in [-0.05, 0) is 54.1 Å². The van der Waals surface area contributed by atoms with Crippen LogP contribution in [-0.2, 0) is 0 Å². The fourth-order valence-corrected chi connectivity index (χ4v) is 1.73. The molecule has 2 rings (SSSR count). The Bertz CT molecular complexity index is 701. The third-order valence-corrected chi connectivity index (χ3v) is 2.94. The SMILES string of the molecule is C#CCOc1ccc(/C=N\NC(=O)c2ccc(Cl)cc2)cc1. The van der Waals surface area contributed by atoms with Crippen molar-refractivity contribution in [3.63, 3.8) is 0 Å². The van der Waals surface area contributed by atoms with Crippen molar-refractivity contribution < 1.29 is 9.53 Å². The smallest absolute Gasteiger partial charge is 0.271 e. The average molecular weight is 313 g/mol. The minimum Gasteiger partial charge on any atom is -0.481 e. The van der Waals surface area contributed by atoms with Crippen LogP contribution in [-0.4, -0.2) is 18.7 Å². The first-order chi connectivity index (χ1) is 10.7. The van der Waals surface area contributed by atoms with Crippen LogP contribution in [0.25, 0.3) is 0 Å². The third-order valence-electron chi connectivity index (χ3n) is 2.69. The van der Waals surface area contributed by atoms with E-state index < -0.39 is 0 Å². The molecule has 4 nitrogen and oxygen atoms in total. The lowest BCUT2D eigenvalue weighted by Crippen LogP contribution is -2.17. The van der Waals surface area contributed by atoms with Crippen molar-refractivity contribution in [3.05, 3.63) is 64.7 Å². The molecule has 0 fully saturated rings. The number of nitrogens with one attached hydrogen (secondary N) is 1. The first kappa shape index (κ1) is 15.6. The molecule has 1 N–H and O–H groups in total. The molecule has 0 bridgehead atoms. The molecule has 0 aromatic heterocycles. The highest BCUT2D eigenvalue weighted by molar-refractivity contribution is 6.30. The molecular formula is C17H13ClN2O2. The molecule has 2 aromatic rings. The molecule has 0 radical (unpaired) electrons. The quantitative estimate of drug-likeness (QED) is 0.524. The lowest BCUT2D eigenvalue weighted by molar-refractivity contribution is 0.0955. The number of terminal acetylenes is 1. The largest absolute Gasteiger partial charge is 0.481 e. The zero-order valence-corrected chi connectivity index (χ0v) is 12.4. The molecule has 0 heterocycles. The normalized spacial score (nSPS) is 10.2. The van der Waals surface area contributed by atoms with Crippen LogP contribution in [0, 0.1) is 12.3 Å². The van der Waals surface area contributed by atoms with Crippen LogP contribution >= 0.6 is 11.6 Å². The van der Waals surface area contributed by atoms with E-state index in [2.05, 4.69) is 16.4 Å². The maximum atomic E-state index is 11.8. The minimum atomic E-state index is -0.304. The molecule has 0 saturated heterocycles. The highest BCUT2D eigenvalue weighted by Crippen LogP contribution is 2.11. The number of hydrogen-bond donors (Lipinski definition) is 1. The summed E-state index contributed by atoms with van der Waals surface area (Å²) in [5.41, 5.74) is 3.75. The van der Waals surface area contributed by atoms with Crippen LogP contribution in [0.15, 0.2) is 53.6 Å². The van der Waals surface area contributed by atoms with Crippen LogP contribution in [0.3, 0.4) is 0 Å². The van der Waals surface area contributed by atoms with Gasteiger partial charge in [0.25, 0.3) is 5.91 Å². The molecular weight excluding hydrogens is 300 g/mol. The summed E-state index contributed by atoms with van der Waals surface area (Å²) >= 11 is 5.76. The van der Waals surface area contributed by atoms with Crippen LogP contribution in [0.1, 0.15) is 15.9 Å². The van der Waals surface area contributed by atoms with Gasteiger partial charge in [-0.2, -0.15) is 5.10 Å². The van der Waals surface area contributed by atoms with Crippen LogP contribution < -0.4 is 10.2 Å². The van der Waals surface area contributed by atoms with Crippen molar-refractivity contribution in [2.45, 2.75) is 0 Å². The van der Waals surface area contributed by atoms with Gasteiger partial charge in [-0.25, -0.2) is 5.43 Å². The van der Waals surface area contributed by atoms with Gasteiger partial charge < -0.3 is 4.74 Å². The van der Waals surface area contributed by atoms with E-state index in [-0.39, 0.29) is 12.5 Å². The van der Waals surface area contributed by atoms with Gasteiger partial charge in [0.1, 0.15) is 12.4 Å². The third kappa shape index (κ3) is 4.65. The van der Waals surface area contributed by atoms with Gasteiger partial charge >= 0.3 is 0 Å².